The lowest BCUT2D eigenvalue weighted by atomic mass is 9.99. The first-order valence-corrected chi connectivity index (χ1v) is 14.4. The Morgan fingerprint density at radius 1 is 1.11 bits per heavy atom. The predicted molar refractivity (Wildman–Crippen MR) is 158 cm³/mol. The fraction of sp³-hybridized carbons (Fsp3) is 0.241. The van der Waals surface area contributed by atoms with Crippen molar-refractivity contribution >= 4 is 50.9 Å². The van der Waals surface area contributed by atoms with Gasteiger partial charge in [-0.2, -0.15) is 10.0 Å². The Hall–Kier alpha value is -3.56. The van der Waals surface area contributed by atoms with E-state index in [0.717, 1.165) is 28.0 Å². The third-order valence-corrected chi connectivity index (χ3v) is 8.57. The standard InChI is InChI=1S/C29H29N5O2S2/c1-3-20(2)22-11-13-24(14-12-22)36-17-16-33-15-7-10-23(33)18-25-26(30)34-28(31-27(25)35)38-29(32-34)37-19-21-8-5-4-6-9-21/h4-15,18,20,30H,3,16-17,19H2,1-2H3/b25-18-,30-26?. The minimum Gasteiger partial charge on any atom is -0.492 e. The van der Waals surface area contributed by atoms with Crippen LogP contribution in [0.25, 0.3) is 6.08 Å². The number of aliphatic imine (C=N–C) groups is 1. The number of fused-ring (bicyclic) bond motifs is 1. The number of benzene rings is 2. The number of nitrogens with zero attached hydrogens (tertiary/aromatic N) is 4. The van der Waals surface area contributed by atoms with Crippen LogP contribution in [0, 0.1) is 5.41 Å². The zero-order chi connectivity index (χ0) is 26.5. The molecule has 0 saturated carbocycles. The van der Waals surface area contributed by atoms with Crippen LogP contribution >= 0.6 is 23.5 Å². The lowest BCUT2D eigenvalue weighted by molar-refractivity contribution is -0.114. The van der Waals surface area contributed by atoms with Gasteiger partial charge in [-0.15, -0.1) is 5.10 Å². The van der Waals surface area contributed by atoms with E-state index in [4.69, 9.17) is 10.1 Å². The minimum atomic E-state index is -0.427. The summed E-state index contributed by atoms with van der Waals surface area (Å²) in [4.78, 5) is 17.1. The monoisotopic (exact) mass is 543 g/mol. The molecule has 38 heavy (non-hydrogen) atoms. The maximum atomic E-state index is 12.8. The van der Waals surface area contributed by atoms with Gasteiger partial charge in [-0.3, -0.25) is 10.2 Å². The molecule has 9 heteroatoms. The first kappa shape index (κ1) is 26.1. The summed E-state index contributed by atoms with van der Waals surface area (Å²) in [5, 5.41) is 15.1. The number of ether oxygens (including phenoxy) is 1. The summed E-state index contributed by atoms with van der Waals surface area (Å²) in [6, 6.07) is 22.2. The summed E-state index contributed by atoms with van der Waals surface area (Å²) in [5.74, 6) is 1.73. The first-order valence-electron chi connectivity index (χ1n) is 12.6. The molecule has 2 aliphatic heterocycles. The van der Waals surface area contributed by atoms with Gasteiger partial charge in [0.15, 0.2) is 10.2 Å². The summed E-state index contributed by atoms with van der Waals surface area (Å²) in [7, 11) is 0. The Morgan fingerprint density at radius 3 is 2.66 bits per heavy atom. The van der Waals surface area contributed by atoms with Crippen molar-refractivity contribution in [1.82, 2.24) is 9.58 Å². The molecule has 0 saturated heterocycles. The highest BCUT2D eigenvalue weighted by molar-refractivity contribution is 8.45. The molecule has 0 bridgehead atoms. The van der Waals surface area contributed by atoms with Gasteiger partial charge in [0.2, 0.25) is 5.17 Å². The van der Waals surface area contributed by atoms with Gasteiger partial charge in [0.25, 0.3) is 5.91 Å². The molecule has 0 fully saturated rings. The molecule has 1 N–H and O–H groups in total. The molecular weight excluding hydrogens is 514 g/mol. The molecule has 5 rings (SSSR count). The Balaban J connectivity index is 1.22. The van der Waals surface area contributed by atoms with Crippen molar-refractivity contribution in [3.8, 4) is 5.75 Å². The number of hydrazone groups is 1. The Kier molecular flexibility index (Phi) is 8.14. The molecule has 1 unspecified atom stereocenters. The molecule has 0 radical (unpaired) electrons. The summed E-state index contributed by atoms with van der Waals surface area (Å²) < 4.78 is 8.73. The average molecular weight is 544 g/mol. The zero-order valence-corrected chi connectivity index (χ0v) is 23.0. The average Bonchev–Trinajstić information content (AvgIpc) is 3.57. The predicted octanol–water partition coefficient (Wildman–Crippen LogP) is 6.59. The van der Waals surface area contributed by atoms with Crippen molar-refractivity contribution in [3.05, 3.63) is 95.3 Å². The third kappa shape index (κ3) is 5.95. The van der Waals surface area contributed by atoms with Crippen LogP contribution in [-0.4, -0.2) is 37.5 Å². The van der Waals surface area contributed by atoms with Crippen molar-refractivity contribution in [1.29, 1.82) is 5.41 Å². The smallest absolute Gasteiger partial charge is 0.283 e. The normalized spacial score (nSPS) is 16.9. The van der Waals surface area contributed by atoms with Crippen LogP contribution in [0.3, 0.4) is 0 Å². The fourth-order valence-corrected chi connectivity index (χ4v) is 5.94. The second-order valence-electron chi connectivity index (χ2n) is 9.01. The largest absolute Gasteiger partial charge is 0.492 e. The number of aromatic nitrogens is 1. The van der Waals surface area contributed by atoms with Crippen molar-refractivity contribution in [2.45, 2.75) is 38.5 Å². The van der Waals surface area contributed by atoms with Crippen molar-refractivity contribution in [2.24, 2.45) is 10.1 Å². The lowest BCUT2D eigenvalue weighted by Crippen LogP contribution is -2.35. The molecule has 3 aromatic rings. The molecule has 0 spiro atoms. The van der Waals surface area contributed by atoms with Gasteiger partial charge in [-0.1, -0.05) is 68.1 Å². The van der Waals surface area contributed by atoms with Crippen molar-refractivity contribution in [3.63, 3.8) is 0 Å². The Labute approximate surface area is 231 Å². The molecule has 2 aromatic carbocycles. The van der Waals surface area contributed by atoms with Crippen LogP contribution in [0.2, 0.25) is 0 Å². The molecule has 1 amide bonds. The van der Waals surface area contributed by atoms with Gasteiger partial charge in [0.05, 0.1) is 12.1 Å². The van der Waals surface area contributed by atoms with Crippen molar-refractivity contribution < 1.29 is 9.53 Å². The summed E-state index contributed by atoms with van der Waals surface area (Å²) in [5.41, 5.74) is 3.52. The molecular formula is C29H29N5O2S2. The van der Waals surface area contributed by atoms with E-state index in [2.05, 4.69) is 48.2 Å². The summed E-state index contributed by atoms with van der Waals surface area (Å²) in [6.07, 6.45) is 4.76. The zero-order valence-electron chi connectivity index (χ0n) is 21.3. The number of nitrogens with one attached hydrogen (secondary N) is 1. The number of thioether (sulfide) groups is 2. The molecule has 0 aliphatic carbocycles. The van der Waals surface area contributed by atoms with E-state index in [9.17, 15) is 4.79 Å². The van der Waals surface area contributed by atoms with E-state index >= 15 is 0 Å². The SMILES string of the molecule is CCC(C)c1ccc(OCCn2cccc2/C=C2/C(=N)N3N=C(SCc4ccccc4)SC3=NC2=O)cc1. The third-order valence-electron chi connectivity index (χ3n) is 6.46. The number of carbonyl (C=O) groups excluding carboxylic acids is 1. The lowest BCUT2D eigenvalue weighted by Gasteiger charge is -2.20. The summed E-state index contributed by atoms with van der Waals surface area (Å²) in [6.45, 7) is 5.50. The highest BCUT2D eigenvalue weighted by Crippen LogP contribution is 2.33. The number of hydrogen-bond acceptors (Lipinski definition) is 6. The Bertz CT molecular complexity index is 1410. The summed E-state index contributed by atoms with van der Waals surface area (Å²) >= 11 is 2.90. The van der Waals surface area contributed by atoms with Gasteiger partial charge in [0, 0.05) is 17.6 Å². The number of hydrogen-bond donors (Lipinski definition) is 1. The van der Waals surface area contributed by atoms with Crippen molar-refractivity contribution in [2.75, 3.05) is 6.61 Å². The van der Waals surface area contributed by atoms with E-state index in [1.165, 1.54) is 27.9 Å². The molecule has 7 nitrogen and oxygen atoms in total. The molecule has 1 atom stereocenters. The highest BCUT2D eigenvalue weighted by atomic mass is 32.2. The van der Waals surface area contributed by atoms with Crippen LogP contribution in [0.4, 0.5) is 0 Å². The maximum absolute atomic E-state index is 12.8. The minimum absolute atomic E-state index is 0.0354. The van der Waals surface area contributed by atoms with E-state index in [1.54, 1.807) is 17.8 Å². The van der Waals surface area contributed by atoms with Crippen LogP contribution in [0.1, 0.15) is 43.0 Å². The molecule has 3 heterocycles. The highest BCUT2D eigenvalue weighted by Gasteiger charge is 2.36. The van der Waals surface area contributed by atoms with Crippen LogP contribution in [0.15, 0.2) is 88.6 Å². The van der Waals surface area contributed by atoms with E-state index in [-0.39, 0.29) is 11.4 Å². The van der Waals surface area contributed by atoms with Gasteiger partial charge in [-0.25, -0.2) is 0 Å². The molecule has 1 aromatic heterocycles. The number of carbonyl (C=O) groups is 1. The van der Waals surface area contributed by atoms with E-state index < -0.39 is 5.91 Å². The first-order chi connectivity index (χ1) is 18.5. The van der Waals surface area contributed by atoms with Crippen LogP contribution in [0.5, 0.6) is 5.75 Å². The van der Waals surface area contributed by atoms with Gasteiger partial charge in [0.1, 0.15) is 12.4 Å². The second kappa shape index (κ2) is 11.9. The fourth-order valence-electron chi connectivity index (χ4n) is 4.05. The van der Waals surface area contributed by atoms with Gasteiger partial charge >= 0.3 is 0 Å². The number of amides is 1. The topological polar surface area (TPSA) is 83.0 Å². The van der Waals surface area contributed by atoms with E-state index in [0.29, 0.717) is 24.2 Å². The molecule has 194 valence electrons. The van der Waals surface area contributed by atoms with Crippen LogP contribution in [-0.2, 0) is 17.1 Å². The van der Waals surface area contributed by atoms with E-state index in [1.807, 2.05) is 53.2 Å². The quantitative estimate of drug-likeness (QED) is 0.308. The van der Waals surface area contributed by atoms with Gasteiger partial charge < -0.3 is 9.30 Å². The molecule has 2 aliphatic rings. The second-order valence-corrected chi connectivity index (χ2v) is 11.2. The van der Waals surface area contributed by atoms with Gasteiger partial charge in [-0.05, 0) is 65.6 Å². The number of rotatable bonds is 9. The Morgan fingerprint density at radius 2 is 1.89 bits per heavy atom. The maximum Gasteiger partial charge on any atom is 0.283 e. The number of amidine groups is 2. The van der Waals surface area contributed by atoms with Crippen LogP contribution < -0.4 is 4.74 Å².